The minimum atomic E-state index is -0.954. The Balaban J connectivity index is 1.96. The van der Waals surface area contributed by atoms with Gasteiger partial charge in [-0.2, -0.15) is 0 Å². The Morgan fingerprint density at radius 3 is 2.75 bits per heavy atom. The number of aromatic nitrogens is 1. The fourth-order valence-electron chi connectivity index (χ4n) is 1.97. The number of benzene rings is 1. The SMILES string of the molecule is Cc1cccc([C@H](C)NCc2ccc(C(=O)O)cn2)c1. The average Bonchev–Trinajstić information content (AvgIpc) is 2.45. The van der Waals surface area contributed by atoms with Crippen molar-refractivity contribution in [3.8, 4) is 0 Å². The Hall–Kier alpha value is -2.20. The van der Waals surface area contributed by atoms with Crippen LogP contribution in [0.25, 0.3) is 0 Å². The number of rotatable bonds is 5. The number of carbonyl (C=O) groups is 1. The fourth-order valence-corrected chi connectivity index (χ4v) is 1.97. The highest BCUT2D eigenvalue weighted by molar-refractivity contribution is 5.87. The average molecular weight is 270 g/mol. The molecule has 1 aromatic carbocycles. The topological polar surface area (TPSA) is 62.2 Å². The van der Waals surface area contributed by atoms with Crippen molar-refractivity contribution in [3.05, 3.63) is 65.0 Å². The first-order valence-electron chi connectivity index (χ1n) is 6.54. The third-order valence-corrected chi connectivity index (χ3v) is 3.20. The van der Waals surface area contributed by atoms with Crippen LogP contribution in [0.3, 0.4) is 0 Å². The van der Waals surface area contributed by atoms with Crippen molar-refractivity contribution in [1.29, 1.82) is 0 Å². The lowest BCUT2D eigenvalue weighted by molar-refractivity contribution is 0.0696. The van der Waals surface area contributed by atoms with Crippen LogP contribution >= 0.6 is 0 Å². The zero-order chi connectivity index (χ0) is 14.5. The third-order valence-electron chi connectivity index (χ3n) is 3.20. The maximum Gasteiger partial charge on any atom is 0.337 e. The molecule has 0 aliphatic heterocycles. The molecule has 0 saturated heterocycles. The van der Waals surface area contributed by atoms with E-state index in [1.54, 1.807) is 12.1 Å². The number of carboxylic acid groups (broad SMARTS) is 1. The summed E-state index contributed by atoms with van der Waals surface area (Å²) in [5.74, 6) is -0.954. The lowest BCUT2D eigenvalue weighted by Crippen LogP contribution is -2.19. The molecule has 1 aromatic heterocycles. The molecule has 2 N–H and O–H groups in total. The van der Waals surface area contributed by atoms with E-state index in [1.165, 1.54) is 17.3 Å². The standard InChI is InChI=1S/C16H18N2O2/c1-11-4-3-5-13(8-11)12(2)17-10-15-7-6-14(9-18-15)16(19)20/h3-9,12,17H,10H2,1-2H3,(H,19,20)/t12-/m0/s1. The molecule has 104 valence electrons. The van der Waals surface area contributed by atoms with E-state index < -0.39 is 5.97 Å². The first kappa shape index (κ1) is 14.2. The normalized spacial score (nSPS) is 12.1. The molecule has 0 aliphatic carbocycles. The predicted molar refractivity (Wildman–Crippen MR) is 77.6 cm³/mol. The van der Waals surface area contributed by atoms with Crippen LogP contribution in [0.2, 0.25) is 0 Å². The van der Waals surface area contributed by atoms with E-state index in [1.807, 2.05) is 6.07 Å². The second-order valence-corrected chi connectivity index (χ2v) is 4.86. The van der Waals surface area contributed by atoms with Crippen LogP contribution in [0.5, 0.6) is 0 Å². The number of carboxylic acids is 1. The van der Waals surface area contributed by atoms with Crippen LogP contribution in [0, 0.1) is 6.92 Å². The molecular weight excluding hydrogens is 252 g/mol. The van der Waals surface area contributed by atoms with E-state index in [0.29, 0.717) is 6.54 Å². The summed E-state index contributed by atoms with van der Waals surface area (Å²) < 4.78 is 0. The van der Waals surface area contributed by atoms with Crippen molar-refractivity contribution in [2.75, 3.05) is 0 Å². The molecule has 2 rings (SSSR count). The molecule has 0 saturated carbocycles. The van der Waals surface area contributed by atoms with Gasteiger partial charge in [-0.15, -0.1) is 0 Å². The number of hydrogen-bond donors (Lipinski definition) is 2. The smallest absolute Gasteiger partial charge is 0.337 e. The Labute approximate surface area is 118 Å². The molecule has 0 amide bonds. The zero-order valence-electron chi connectivity index (χ0n) is 11.6. The van der Waals surface area contributed by atoms with E-state index in [0.717, 1.165) is 5.69 Å². The van der Waals surface area contributed by atoms with Crippen LogP contribution < -0.4 is 5.32 Å². The summed E-state index contributed by atoms with van der Waals surface area (Å²) in [6.07, 6.45) is 1.39. The molecule has 4 nitrogen and oxygen atoms in total. The lowest BCUT2D eigenvalue weighted by Gasteiger charge is -2.14. The number of aryl methyl sites for hydroxylation is 1. The number of nitrogens with one attached hydrogen (secondary N) is 1. The highest BCUT2D eigenvalue weighted by atomic mass is 16.4. The molecule has 0 fully saturated rings. The molecule has 0 spiro atoms. The largest absolute Gasteiger partial charge is 0.478 e. The summed E-state index contributed by atoms with van der Waals surface area (Å²) in [7, 11) is 0. The monoisotopic (exact) mass is 270 g/mol. The Morgan fingerprint density at radius 2 is 2.15 bits per heavy atom. The second kappa shape index (κ2) is 6.30. The maximum atomic E-state index is 10.7. The minimum Gasteiger partial charge on any atom is -0.478 e. The molecule has 1 heterocycles. The fraction of sp³-hybridized carbons (Fsp3) is 0.250. The molecule has 2 aromatic rings. The van der Waals surface area contributed by atoms with Gasteiger partial charge < -0.3 is 10.4 Å². The van der Waals surface area contributed by atoms with Crippen molar-refractivity contribution in [3.63, 3.8) is 0 Å². The van der Waals surface area contributed by atoms with E-state index in [9.17, 15) is 4.79 Å². The second-order valence-electron chi connectivity index (χ2n) is 4.86. The predicted octanol–water partition coefficient (Wildman–Crippen LogP) is 2.94. The van der Waals surface area contributed by atoms with Crippen LogP contribution in [0.4, 0.5) is 0 Å². The van der Waals surface area contributed by atoms with Crippen LogP contribution in [0.1, 0.15) is 40.1 Å². The molecular formula is C16H18N2O2. The summed E-state index contributed by atoms with van der Waals surface area (Å²) in [4.78, 5) is 14.9. The molecule has 20 heavy (non-hydrogen) atoms. The van der Waals surface area contributed by atoms with Crippen LogP contribution in [0.15, 0.2) is 42.6 Å². The number of hydrogen-bond acceptors (Lipinski definition) is 3. The summed E-state index contributed by atoms with van der Waals surface area (Å²) in [5, 5.41) is 12.2. The molecule has 4 heteroatoms. The van der Waals surface area contributed by atoms with Gasteiger partial charge in [0.1, 0.15) is 0 Å². The van der Waals surface area contributed by atoms with Gasteiger partial charge in [-0.3, -0.25) is 4.98 Å². The first-order valence-corrected chi connectivity index (χ1v) is 6.54. The van der Waals surface area contributed by atoms with E-state index in [4.69, 9.17) is 5.11 Å². The van der Waals surface area contributed by atoms with E-state index in [2.05, 4.69) is 42.3 Å². The van der Waals surface area contributed by atoms with Gasteiger partial charge >= 0.3 is 5.97 Å². The van der Waals surface area contributed by atoms with Crippen molar-refractivity contribution < 1.29 is 9.90 Å². The van der Waals surface area contributed by atoms with E-state index in [-0.39, 0.29) is 11.6 Å². The Bertz CT molecular complexity index is 594. The molecule has 0 aliphatic rings. The van der Waals surface area contributed by atoms with Gasteiger partial charge in [0.15, 0.2) is 0 Å². The van der Waals surface area contributed by atoms with E-state index >= 15 is 0 Å². The van der Waals surface area contributed by atoms with Gasteiger partial charge in [0.25, 0.3) is 0 Å². The van der Waals surface area contributed by atoms with Gasteiger partial charge in [-0.25, -0.2) is 4.79 Å². The van der Waals surface area contributed by atoms with Gasteiger partial charge in [0.2, 0.25) is 0 Å². The van der Waals surface area contributed by atoms with Crippen molar-refractivity contribution >= 4 is 5.97 Å². The van der Waals surface area contributed by atoms with Crippen molar-refractivity contribution in [2.45, 2.75) is 26.4 Å². The first-order chi connectivity index (χ1) is 9.56. The molecule has 1 atom stereocenters. The van der Waals surface area contributed by atoms with Gasteiger partial charge in [-0.05, 0) is 31.5 Å². The van der Waals surface area contributed by atoms with Crippen LogP contribution in [-0.4, -0.2) is 16.1 Å². The maximum absolute atomic E-state index is 10.7. The summed E-state index contributed by atoms with van der Waals surface area (Å²) in [6.45, 7) is 4.78. The van der Waals surface area contributed by atoms with Gasteiger partial charge in [-0.1, -0.05) is 29.8 Å². The quantitative estimate of drug-likeness (QED) is 0.877. The zero-order valence-corrected chi connectivity index (χ0v) is 11.6. The van der Waals surface area contributed by atoms with Crippen LogP contribution in [-0.2, 0) is 6.54 Å². The minimum absolute atomic E-state index is 0.209. The summed E-state index contributed by atoms with van der Waals surface area (Å²) in [5.41, 5.74) is 3.50. The third kappa shape index (κ3) is 3.65. The lowest BCUT2D eigenvalue weighted by atomic mass is 10.1. The summed E-state index contributed by atoms with van der Waals surface area (Å²) >= 11 is 0. The molecule has 0 bridgehead atoms. The molecule has 0 unspecified atom stereocenters. The van der Waals surface area contributed by atoms with Gasteiger partial charge in [0, 0.05) is 18.8 Å². The van der Waals surface area contributed by atoms with Crippen molar-refractivity contribution in [1.82, 2.24) is 10.3 Å². The molecule has 0 radical (unpaired) electrons. The highest BCUT2D eigenvalue weighted by Crippen LogP contribution is 2.14. The number of pyridine rings is 1. The Kier molecular flexibility index (Phi) is 4.48. The van der Waals surface area contributed by atoms with Gasteiger partial charge in [0.05, 0.1) is 11.3 Å². The number of aromatic carboxylic acids is 1. The summed E-state index contributed by atoms with van der Waals surface area (Å²) in [6, 6.07) is 11.9. The highest BCUT2D eigenvalue weighted by Gasteiger charge is 2.06. The number of nitrogens with zero attached hydrogens (tertiary/aromatic N) is 1. The van der Waals surface area contributed by atoms with Crippen molar-refractivity contribution in [2.24, 2.45) is 0 Å². The Morgan fingerprint density at radius 1 is 1.35 bits per heavy atom.